The van der Waals surface area contributed by atoms with Gasteiger partial charge < -0.3 is 10.2 Å². The van der Waals surface area contributed by atoms with Crippen LogP contribution in [0.15, 0.2) is 6.07 Å². The highest BCUT2D eigenvalue weighted by molar-refractivity contribution is 5.35. The Hall–Kier alpha value is -1.20. The molecule has 1 rings (SSSR count). The lowest BCUT2D eigenvalue weighted by Gasteiger charge is -2.29. The van der Waals surface area contributed by atoms with Crippen LogP contribution in [0.2, 0.25) is 0 Å². The van der Waals surface area contributed by atoms with Gasteiger partial charge in [0.05, 0.1) is 6.54 Å². The molecule has 5 nitrogen and oxygen atoms in total. The van der Waals surface area contributed by atoms with E-state index in [0.29, 0.717) is 6.04 Å². The number of aryl methyl sites for hydroxylation is 1. The van der Waals surface area contributed by atoms with Crippen molar-refractivity contribution in [3.63, 3.8) is 0 Å². The third-order valence-electron chi connectivity index (χ3n) is 3.26. The Morgan fingerprint density at radius 3 is 2.50 bits per heavy atom. The highest BCUT2D eigenvalue weighted by atomic mass is 15.2. The van der Waals surface area contributed by atoms with Gasteiger partial charge in [0.1, 0.15) is 11.6 Å². The Labute approximate surface area is 123 Å². The zero-order valence-electron chi connectivity index (χ0n) is 13.8. The summed E-state index contributed by atoms with van der Waals surface area (Å²) in [7, 11) is 4.22. The van der Waals surface area contributed by atoms with E-state index in [1.54, 1.807) is 0 Å². The molecule has 114 valence electrons. The molecule has 0 amide bonds. The van der Waals surface area contributed by atoms with E-state index in [9.17, 15) is 0 Å². The highest BCUT2D eigenvalue weighted by Crippen LogP contribution is 2.10. The van der Waals surface area contributed by atoms with Crippen LogP contribution in [-0.2, 0) is 6.54 Å². The fourth-order valence-electron chi connectivity index (χ4n) is 2.38. The number of hydrogen-bond donors (Lipinski definition) is 1. The third-order valence-corrected chi connectivity index (χ3v) is 3.26. The molecule has 5 heteroatoms. The molecule has 1 aromatic rings. The molecule has 0 saturated carbocycles. The minimum absolute atomic E-state index is 0.488. The maximum absolute atomic E-state index is 4.60. The lowest BCUT2D eigenvalue weighted by molar-refractivity contribution is 0.170. The van der Waals surface area contributed by atoms with E-state index in [1.165, 1.54) is 0 Å². The van der Waals surface area contributed by atoms with Gasteiger partial charge in [0.2, 0.25) is 0 Å². The lowest BCUT2D eigenvalue weighted by Crippen LogP contribution is -2.39. The first-order chi connectivity index (χ1) is 9.46. The molecular formula is C15H29N5. The first-order valence-electron chi connectivity index (χ1n) is 7.43. The average molecular weight is 279 g/mol. The van der Waals surface area contributed by atoms with Crippen LogP contribution < -0.4 is 5.32 Å². The van der Waals surface area contributed by atoms with E-state index in [2.05, 4.69) is 60.0 Å². The Balaban J connectivity index is 2.78. The summed E-state index contributed by atoms with van der Waals surface area (Å²) < 4.78 is 0. The van der Waals surface area contributed by atoms with E-state index in [-0.39, 0.29) is 0 Å². The highest BCUT2D eigenvalue weighted by Gasteiger charge is 2.15. The second-order valence-corrected chi connectivity index (χ2v) is 5.52. The SMILES string of the molecule is CCNc1cc(C)nc(CN(CC)C(C)CN(C)C)n1. The largest absolute Gasteiger partial charge is 0.370 e. The van der Waals surface area contributed by atoms with Crippen LogP contribution in [0.25, 0.3) is 0 Å². The number of hydrogen-bond acceptors (Lipinski definition) is 5. The fourth-order valence-corrected chi connectivity index (χ4v) is 2.38. The Kier molecular flexibility index (Phi) is 6.88. The molecule has 20 heavy (non-hydrogen) atoms. The van der Waals surface area contributed by atoms with Gasteiger partial charge in [-0.1, -0.05) is 6.92 Å². The van der Waals surface area contributed by atoms with Crippen molar-refractivity contribution in [2.24, 2.45) is 0 Å². The van der Waals surface area contributed by atoms with Crippen molar-refractivity contribution in [1.29, 1.82) is 0 Å². The van der Waals surface area contributed by atoms with Crippen molar-refractivity contribution in [2.75, 3.05) is 39.0 Å². The molecule has 0 aliphatic carbocycles. The van der Waals surface area contributed by atoms with Crippen molar-refractivity contribution in [3.05, 3.63) is 17.6 Å². The van der Waals surface area contributed by atoms with Gasteiger partial charge in [-0.05, 0) is 41.4 Å². The molecule has 0 aliphatic rings. The van der Waals surface area contributed by atoms with E-state index < -0.39 is 0 Å². The van der Waals surface area contributed by atoms with Crippen LogP contribution in [0.1, 0.15) is 32.3 Å². The van der Waals surface area contributed by atoms with Gasteiger partial charge in [-0.15, -0.1) is 0 Å². The molecule has 0 bridgehead atoms. The van der Waals surface area contributed by atoms with Gasteiger partial charge in [-0.25, -0.2) is 9.97 Å². The van der Waals surface area contributed by atoms with Gasteiger partial charge >= 0.3 is 0 Å². The summed E-state index contributed by atoms with van der Waals surface area (Å²) >= 11 is 0. The smallest absolute Gasteiger partial charge is 0.144 e. The molecule has 0 saturated heterocycles. The first kappa shape index (κ1) is 16.9. The van der Waals surface area contributed by atoms with Crippen LogP contribution in [0.4, 0.5) is 5.82 Å². The summed E-state index contributed by atoms with van der Waals surface area (Å²) in [6.45, 7) is 12.3. The summed E-state index contributed by atoms with van der Waals surface area (Å²) in [4.78, 5) is 13.8. The molecule has 0 aliphatic heterocycles. The van der Waals surface area contributed by atoms with Gasteiger partial charge in [-0.3, -0.25) is 4.90 Å². The quantitative estimate of drug-likeness (QED) is 0.788. The van der Waals surface area contributed by atoms with Gasteiger partial charge in [-0.2, -0.15) is 0 Å². The molecule has 1 N–H and O–H groups in total. The molecule has 0 radical (unpaired) electrons. The summed E-state index contributed by atoms with van der Waals surface area (Å²) in [5.41, 5.74) is 1.02. The topological polar surface area (TPSA) is 44.3 Å². The normalized spacial score (nSPS) is 13.0. The van der Waals surface area contributed by atoms with Crippen LogP contribution >= 0.6 is 0 Å². The van der Waals surface area contributed by atoms with Crippen LogP contribution in [-0.4, -0.2) is 59.5 Å². The summed E-state index contributed by atoms with van der Waals surface area (Å²) in [6.07, 6.45) is 0. The molecule has 0 aromatic carbocycles. The standard InChI is InChI=1S/C15H29N5/c1-7-16-14-9-12(3)17-15(18-14)11-20(8-2)13(4)10-19(5)6/h9,13H,7-8,10-11H2,1-6H3,(H,16,17,18). The predicted octanol–water partition coefficient (Wildman–Crippen LogP) is 1.99. The minimum Gasteiger partial charge on any atom is -0.370 e. The van der Waals surface area contributed by atoms with Crippen LogP contribution in [0, 0.1) is 6.92 Å². The molecule has 1 heterocycles. The number of nitrogens with zero attached hydrogens (tertiary/aromatic N) is 4. The molecule has 1 unspecified atom stereocenters. The lowest BCUT2D eigenvalue weighted by atomic mass is 10.2. The third kappa shape index (κ3) is 5.43. The van der Waals surface area contributed by atoms with E-state index in [4.69, 9.17) is 0 Å². The summed E-state index contributed by atoms with van der Waals surface area (Å²) in [5, 5.41) is 3.26. The number of nitrogens with one attached hydrogen (secondary N) is 1. The summed E-state index contributed by atoms with van der Waals surface area (Å²) in [6, 6.07) is 2.48. The monoisotopic (exact) mass is 279 g/mol. The molecular weight excluding hydrogens is 250 g/mol. The van der Waals surface area contributed by atoms with Gasteiger partial charge in [0.15, 0.2) is 0 Å². The zero-order chi connectivity index (χ0) is 15.1. The van der Waals surface area contributed by atoms with Crippen LogP contribution in [0.5, 0.6) is 0 Å². The maximum Gasteiger partial charge on any atom is 0.144 e. The number of aromatic nitrogens is 2. The van der Waals surface area contributed by atoms with Gasteiger partial charge in [0.25, 0.3) is 0 Å². The zero-order valence-corrected chi connectivity index (χ0v) is 13.8. The Bertz CT molecular complexity index is 405. The van der Waals surface area contributed by atoms with Crippen LogP contribution in [0.3, 0.4) is 0 Å². The van der Waals surface area contributed by atoms with Crippen molar-refractivity contribution in [1.82, 2.24) is 19.8 Å². The molecule has 1 atom stereocenters. The number of likely N-dealkylation sites (N-methyl/N-ethyl adjacent to an activating group) is 2. The number of rotatable bonds is 8. The predicted molar refractivity (Wildman–Crippen MR) is 85.0 cm³/mol. The average Bonchev–Trinajstić information content (AvgIpc) is 2.34. The van der Waals surface area contributed by atoms with Crippen molar-refractivity contribution in [3.8, 4) is 0 Å². The van der Waals surface area contributed by atoms with E-state index in [0.717, 1.165) is 43.5 Å². The van der Waals surface area contributed by atoms with E-state index in [1.807, 2.05) is 13.0 Å². The minimum atomic E-state index is 0.488. The maximum atomic E-state index is 4.60. The second kappa shape index (κ2) is 8.17. The first-order valence-corrected chi connectivity index (χ1v) is 7.43. The Morgan fingerprint density at radius 2 is 1.95 bits per heavy atom. The van der Waals surface area contributed by atoms with Crippen molar-refractivity contribution < 1.29 is 0 Å². The number of anilines is 1. The Morgan fingerprint density at radius 1 is 1.25 bits per heavy atom. The summed E-state index contributed by atoms with van der Waals surface area (Å²) in [5.74, 6) is 1.82. The molecule has 1 aromatic heterocycles. The molecule has 0 spiro atoms. The van der Waals surface area contributed by atoms with Crippen molar-refractivity contribution in [2.45, 2.75) is 40.3 Å². The van der Waals surface area contributed by atoms with Gasteiger partial charge in [0, 0.05) is 30.9 Å². The molecule has 0 fully saturated rings. The fraction of sp³-hybridized carbons (Fsp3) is 0.733. The second-order valence-electron chi connectivity index (χ2n) is 5.52. The van der Waals surface area contributed by atoms with Crippen molar-refractivity contribution >= 4 is 5.82 Å². The van der Waals surface area contributed by atoms with E-state index >= 15 is 0 Å².